The van der Waals surface area contributed by atoms with E-state index in [9.17, 15) is 9.59 Å². The molecule has 8 nitrogen and oxygen atoms in total. The summed E-state index contributed by atoms with van der Waals surface area (Å²) in [7, 11) is 0. The van der Waals surface area contributed by atoms with Gasteiger partial charge in [0.2, 0.25) is 0 Å². The molecule has 8 heteroatoms. The van der Waals surface area contributed by atoms with Crippen molar-refractivity contribution in [3.05, 3.63) is 23.3 Å². The van der Waals surface area contributed by atoms with E-state index in [2.05, 4.69) is 26.7 Å². The second kappa shape index (κ2) is 11.9. The minimum Gasteiger partial charge on any atom is -0.440 e. The maximum absolute atomic E-state index is 13.2. The van der Waals surface area contributed by atoms with Crippen LogP contribution < -0.4 is 0 Å². The number of unbranched alkanes of at least 4 members (excludes halogenated alkanes) is 1. The summed E-state index contributed by atoms with van der Waals surface area (Å²) in [6, 6.07) is 0.702. The van der Waals surface area contributed by atoms with E-state index in [4.69, 9.17) is 4.74 Å². The van der Waals surface area contributed by atoms with Crippen LogP contribution in [0.3, 0.4) is 0 Å². The maximum atomic E-state index is 13.2. The van der Waals surface area contributed by atoms with Gasteiger partial charge in [-0.25, -0.2) is 14.8 Å². The van der Waals surface area contributed by atoms with Crippen molar-refractivity contribution < 1.29 is 14.3 Å². The first kappa shape index (κ1) is 27.4. The highest BCUT2D eigenvalue weighted by molar-refractivity contribution is 5.96. The molecule has 4 heterocycles. The molecule has 1 saturated carbocycles. The predicted molar refractivity (Wildman–Crippen MR) is 147 cm³/mol. The molecule has 1 aromatic rings. The Morgan fingerprint density at radius 1 is 1.00 bits per heavy atom. The van der Waals surface area contributed by atoms with Crippen molar-refractivity contribution >= 4 is 12.0 Å². The molecule has 0 aromatic carbocycles. The van der Waals surface area contributed by atoms with Gasteiger partial charge in [0, 0.05) is 51.6 Å². The summed E-state index contributed by atoms with van der Waals surface area (Å²) in [5.74, 6) is 0.699. The highest BCUT2D eigenvalue weighted by Crippen LogP contribution is 2.43. The van der Waals surface area contributed by atoms with Crippen LogP contribution in [0.4, 0.5) is 4.79 Å². The van der Waals surface area contributed by atoms with E-state index in [-0.39, 0.29) is 23.6 Å². The van der Waals surface area contributed by atoms with Crippen LogP contribution in [0.1, 0.15) is 106 Å². The minimum atomic E-state index is -0.323. The lowest BCUT2D eigenvalue weighted by Gasteiger charge is -2.46. The summed E-state index contributed by atoms with van der Waals surface area (Å²) in [6.45, 7) is 10.4. The van der Waals surface area contributed by atoms with Crippen LogP contribution in [0.5, 0.6) is 0 Å². The van der Waals surface area contributed by atoms with Crippen molar-refractivity contribution in [2.75, 3.05) is 32.7 Å². The molecule has 0 bridgehead atoms. The van der Waals surface area contributed by atoms with Crippen LogP contribution >= 0.6 is 0 Å². The molecule has 38 heavy (non-hydrogen) atoms. The van der Waals surface area contributed by atoms with Crippen molar-refractivity contribution in [2.45, 2.75) is 116 Å². The average Bonchev–Trinajstić information content (AvgIpc) is 3.17. The zero-order chi connectivity index (χ0) is 26.7. The number of hydrogen-bond donors (Lipinski definition) is 0. The van der Waals surface area contributed by atoms with E-state index in [1.807, 2.05) is 18.7 Å². The summed E-state index contributed by atoms with van der Waals surface area (Å²) < 4.78 is 6.30. The molecular formula is C30H47N5O3. The van der Waals surface area contributed by atoms with E-state index < -0.39 is 0 Å². The maximum Gasteiger partial charge on any atom is 0.410 e. The number of likely N-dealkylation sites (tertiary alicyclic amines) is 2. The standard InChI is InChI=1S/C30H47N5O3/c1-4-5-11-26-30(38-29(37)35(26)20-24-9-7-6-8-10-24)14-18-33(19-15-30)25-12-16-34(17-13-25)28(36)27-22(2)31-21-32-23(27)3/h21,24-26H,4-20H2,1-3H3. The van der Waals surface area contributed by atoms with Gasteiger partial charge in [-0.1, -0.05) is 39.0 Å². The van der Waals surface area contributed by atoms with Crippen molar-refractivity contribution in [1.82, 2.24) is 24.7 Å². The highest BCUT2D eigenvalue weighted by atomic mass is 16.6. The number of piperidine rings is 2. The molecule has 1 aromatic heterocycles. The number of aromatic nitrogens is 2. The number of hydrogen-bond acceptors (Lipinski definition) is 6. The lowest BCUT2D eigenvalue weighted by atomic mass is 9.80. The van der Waals surface area contributed by atoms with Crippen molar-refractivity contribution in [3.63, 3.8) is 0 Å². The third kappa shape index (κ3) is 5.56. The number of rotatable bonds is 7. The number of aryl methyl sites for hydroxylation is 2. The molecular weight excluding hydrogens is 478 g/mol. The second-order valence-electron chi connectivity index (χ2n) is 12.2. The van der Waals surface area contributed by atoms with Crippen LogP contribution in [0.15, 0.2) is 6.33 Å². The molecule has 3 saturated heterocycles. The van der Waals surface area contributed by atoms with Crippen LogP contribution in [-0.2, 0) is 4.74 Å². The van der Waals surface area contributed by atoms with Gasteiger partial charge < -0.3 is 14.5 Å². The van der Waals surface area contributed by atoms with Gasteiger partial charge in [-0.2, -0.15) is 0 Å². The predicted octanol–water partition coefficient (Wildman–Crippen LogP) is 5.12. The van der Waals surface area contributed by atoms with Crippen LogP contribution in [0.2, 0.25) is 0 Å². The molecule has 1 atom stereocenters. The largest absolute Gasteiger partial charge is 0.440 e. The van der Waals surface area contributed by atoms with Gasteiger partial charge in [-0.15, -0.1) is 0 Å². The van der Waals surface area contributed by atoms with Gasteiger partial charge in [0.25, 0.3) is 5.91 Å². The van der Waals surface area contributed by atoms with Crippen molar-refractivity contribution in [1.29, 1.82) is 0 Å². The Balaban J connectivity index is 1.18. The van der Waals surface area contributed by atoms with E-state index in [1.165, 1.54) is 38.4 Å². The first-order valence-electron chi connectivity index (χ1n) is 15.2. The average molecular weight is 526 g/mol. The van der Waals surface area contributed by atoms with Gasteiger partial charge in [0.15, 0.2) is 0 Å². The fraction of sp³-hybridized carbons (Fsp3) is 0.800. The molecule has 3 aliphatic heterocycles. The molecule has 0 N–H and O–H groups in total. The molecule has 1 unspecified atom stereocenters. The summed E-state index contributed by atoms with van der Waals surface area (Å²) in [5.41, 5.74) is 1.85. The van der Waals surface area contributed by atoms with E-state index in [0.717, 1.165) is 89.1 Å². The number of amides is 2. The normalized spacial score (nSPS) is 25.2. The van der Waals surface area contributed by atoms with Gasteiger partial charge >= 0.3 is 6.09 Å². The number of nitrogens with zero attached hydrogens (tertiary/aromatic N) is 5. The smallest absolute Gasteiger partial charge is 0.410 e. The molecule has 5 rings (SSSR count). The minimum absolute atomic E-state index is 0.0614. The van der Waals surface area contributed by atoms with Crippen LogP contribution in [0.25, 0.3) is 0 Å². The van der Waals surface area contributed by atoms with Gasteiger partial charge in [-0.05, 0) is 51.9 Å². The number of carbonyl (C=O) groups is 2. The molecule has 1 aliphatic carbocycles. The van der Waals surface area contributed by atoms with Crippen LogP contribution in [-0.4, -0.2) is 87.1 Å². The fourth-order valence-corrected chi connectivity index (χ4v) is 7.58. The quantitative estimate of drug-likeness (QED) is 0.491. The Morgan fingerprint density at radius 3 is 2.29 bits per heavy atom. The molecule has 4 fully saturated rings. The van der Waals surface area contributed by atoms with Gasteiger partial charge in [-0.3, -0.25) is 9.69 Å². The summed E-state index contributed by atoms with van der Waals surface area (Å²) >= 11 is 0. The first-order valence-corrected chi connectivity index (χ1v) is 15.2. The summed E-state index contributed by atoms with van der Waals surface area (Å²) in [4.78, 5) is 41.6. The SMILES string of the molecule is CCCCC1N(CC2CCCCC2)C(=O)OC12CCN(C1CCN(C(=O)c3c(C)ncnc3C)CC1)CC2. The van der Waals surface area contributed by atoms with Crippen molar-refractivity contribution in [2.24, 2.45) is 5.92 Å². The number of ether oxygens (including phenoxy) is 1. The van der Waals surface area contributed by atoms with Crippen LogP contribution in [0, 0.1) is 19.8 Å². The lowest BCUT2D eigenvalue weighted by Crippen LogP contribution is -2.56. The Labute approximate surface area is 228 Å². The Bertz CT molecular complexity index is 958. The fourth-order valence-electron chi connectivity index (χ4n) is 7.58. The summed E-state index contributed by atoms with van der Waals surface area (Å²) in [5, 5.41) is 0. The molecule has 4 aliphatic rings. The third-order valence-electron chi connectivity index (χ3n) is 9.87. The van der Waals surface area contributed by atoms with E-state index >= 15 is 0 Å². The van der Waals surface area contributed by atoms with Crippen molar-refractivity contribution in [3.8, 4) is 0 Å². The molecule has 1 spiro atoms. The van der Waals surface area contributed by atoms with E-state index in [1.54, 1.807) is 0 Å². The second-order valence-corrected chi connectivity index (χ2v) is 12.2. The molecule has 2 amide bonds. The lowest BCUT2D eigenvalue weighted by molar-refractivity contribution is -0.0385. The summed E-state index contributed by atoms with van der Waals surface area (Å²) in [6.07, 6.45) is 15.1. The molecule has 210 valence electrons. The monoisotopic (exact) mass is 525 g/mol. The Morgan fingerprint density at radius 2 is 1.66 bits per heavy atom. The zero-order valence-electron chi connectivity index (χ0n) is 23.8. The topological polar surface area (TPSA) is 78.9 Å². The van der Waals surface area contributed by atoms with Gasteiger partial charge in [0.05, 0.1) is 23.0 Å². The van der Waals surface area contributed by atoms with Gasteiger partial charge in [0.1, 0.15) is 11.9 Å². The number of carbonyl (C=O) groups excluding carboxylic acids is 2. The molecule has 0 radical (unpaired) electrons. The Kier molecular flexibility index (Phi) is 8.56. The zero-order valence-corrected chi connectivity index (χ0v) is 23.8. The van der Waals surface area contributed by atoms with E-state index in [0.29, 0.717) is 17.5 Å². The Hall–Kier alpha value is -2.22. The highest BCUT2D eigenvalue weighted by Gasteiger charge is 2.55. The third-order valence-corrected chi connectivity index (χ3v) is 9.87. The first-order chi connectivity index (χ1) is 18.4.